The van der Waals surface area contributed by atoms with Crippen LogP contribution in [-0.2, 0) is 23.3 Å². The molecule has 0 aliphatic rings. The summed E-state index contributed by atoms with van der Waals surface area (Å²) >= 11 is -0.529. The first-order valence-electron chi connectivity index (χ1n) is 8.72. The van der Waals surface area contributed by atoms with Crippen LogP contribution in [0, 0.1) is 0 Å². The summed E-state index contributed by atoms with van der Waals surface area (Å²) in [6.07, 6.45) is 0. The summed E-state index contributed by atoms with van der Waals surface area (Å²) in [5.74, 6) is 1.08. The minimum atomic E-state index is -0.529. The van der Waals surface area contributed by atoms with Crippen LogP contribution in [0.1, 0.15) is 70.1 Å². The van der Waals surface area contributed by atoms with Crippen LogP contribution in [0.2, 0.25) is 0 Å². The molecule has 0 N–H and O–H groups in total. The van der Waals surface area contributed by atoms with Crippen LogP contribution in [0.3, 0.4) is 0 Å². The van der Waals surface area contributed by atoms with Crippen LogP contribution in [0.15, 0.2) is 52.0 Å². The van der Waals surface area contributed by atoms with E-state index in [0.717, 1.165) is 5.69 Å². The molecule has 1 nitrogen and oxygen atoms in total. The van der Waals surface area contributed by atoms with Gasteiger partial charge < -0.3 is 0 Å². The molecule has 0 aliphatic carbocycles. The monoisotopic (exact) mass is 405 g/mol. The second-order valence-corrected chi connectivity index (χ2v) is 9.04. The van der Waals surface area contributed by atoms with Crippen LogP contribution in [-0.4, -0.2) is 4.40 Å². The molecule has 2 aromatic carbocycles. The standard InChI is InChI=1S/C16H24.C6H5N.Mo/c1-11(2)13-9-8-10-14(12(3)4)15(13)16(5,6)7;7-6-4-2-1-3-5-6;/h5,8-12H,1-4,6-7H3;1-5H;/q;;+2. The Labute approximate surface area is 155 Å². The Bertz CT molecular complexity index is 710. The average Bonchev–Trinajstić information content (AvgIpc) is 2.54. The normalized spacial score (nSPS) is 11.5. The Hall–Kier alpha value is -1.20. The van der Waals surface area contributed by atoms with Crippen molar-refractivity contribution < 1.29 is 17.9 Å². The summed E-state index contributed by atoms with van der Waals surface area (Å²) < 4.78 is 7.32. The first kappa shape index (κ1) is 19.1. The van der Waals surface area contributed by atoms with Gasteiger partial charge in [0, 0.05) is 0 Å². The van der Waals surface area contributed by atoms with Crippen molar-refractivity contribution in [2.45, 2.75) is 58.8 Å². The molecule has 2 aromatic rings. The summed E-state index contributed by atoms with van der Waals surface area (Å²) in [4.78, 5) is 0. The van der Waals surface area contributed by atoms with Gasteiger partial charge in [-0.3, -0.25) is 0 Å². The third kappa shape index (κ3) is 4.67. The Morgan fingerprint density at radius 2 is 1.38 bits per heavy atom. The molecule has 24 heavy (non-hydrogen) atoms. The Balaban J connectivity index is 2.50. The van der Waals surface area contributed by atoms with Gasteiger partial charge in [-0.25, -0.2) is 0 Å². The summed E-state index contributed by atoms with van der Waals surface area (Å²) in [6.45, 7) is 13.9. The number of nitrogens with zero attached hydrogens (tertiary/aromatic N) is 1. The van der Waals surface area contributed by atoms with Crippen molar-refractivity contribution >= 4 is 10.1 Å². The van der Waals surface area contributed by atoms with E-state index in [0.29, 0.717) is 11.8 Å². The fraction of sp³-hybridized carbons (Fsp3) is 0.409. The van der Waals surface area contributed by atoms with Gasteiger partial charge in [-0.2, -0.15) is 0 Å². The fourth-order valence-electron chi connectivity index (χ4n) is 3.06. The van der Waals surface area contributed by atoms with Gasteiger partial charge in [-0.1, -0.05) is 0 Å². The molecule has 0 atom stereocenters. The van der Waals surface area contributed by atoms with E-state index >= 15 is 0 Å². The van der Waals surface area contributed by atoms with Gasteiger partial charge in [0.1, 0.15) is 0 Å². The molecule has 0 unspecified atom stereocenters. The molecule has 0 bridgehead atoms. The van der Waals surface area contributed by atoms with E-state index in [4.69, 9.17) is 3.50 Å². The third-order valence-corrected chi connectivity index (χ3v) is 6.76. The second-order valence-electron chi connectivity index (χ2n) is 7.49. The summed E-state index contributed by atoms with van der Waals surface area (Å²) in [5, 5.41) is 0. The van der Waals surface area contributed by atoms with Gasteiger partial charge >= 0.3 is 156 Å². The molecule has 0 saturated heterocycles. The molecule has 2 rings (SSSR count). The van der Waals surface area contributed by atoms with Crippen molar-refractivity contribution in [2.24, 2.45) is 3.50 Å². The van der Waals surface area contributed by atoms with E-state index in [1.165, 1.54) is 16.7 Å². The summed E-state index contributed by atoms with van der Waals surface area (Å²) in [6, 6.07) is 17.2. The molecule has 0 saturated carbocycles. The SMILES string of the molecule is CC(C)c1cccc(C(C)C)c1C(C)(C)[CH]=[Mo+2]=[N]c1ccccc1. The van der Waals surface area contributed by atoms with Crippen molar-refractivity contribution in [3.05, 3.63) is 65.2 Å². The van der Waals surface area contributed by atoms with E-state index in [1.54, 1.807) is 0 Å². The van der Waals surface area contributed by atoms with Crippen molar-refractivity contribution in [1.29, 1.82) is 0 Å². The predicted octanol–water partition coefficient (Wildman–Crippen LogP) is 6.61. The Morgan fingerprint density at radius 3 is 1.88 bits per heavy atom. The zero-order chi connectivity index (χ0) is 17.7. The summed E-state index contributed by atoms with van der Waals surface area (Å²) in [5.41, 5.74) is 5.64. The predicted molar refractivity (Wildman–Crippen MR) is 102 cm³/mol. The van der Waals surface area contributed by atoms with Gasteiger partial charge in [-0.05, 0) is 0 Å². The van der Waals surface area contributed by atoms with Gasteiger partial charge in [0.05, 0.1) is 0 Å². The van der Waals surface area contributed by atoms with Crippen LogP contribution >= 0.6 is 0 Å². The Kier molecular flexibility index (Phi) is 6.58. The number of benzene rings is 2. The summed E-state index contributed by atoms with van der Waals surface area (Å²) in [7, 11) is 0. The maximum atomic E-state index is 4.84. The van der Waals surface area contributed by atoms with Gasteiger partial charge in [0.2, 0.25) is 0 Å². The molecule has 0 fully saturated rings. The maximum absolute atomic E-state index is 4.84. The van der Waals surface area contributed by atoms with Crippen LogP contribution < -0.4 is 0 Å². The Morgan fingerprint density at radius 1 is 0.833 bits per heavy atom. The molecule has 0 aliphatic heterocycles. The molecular weight excluding hydrogens is 374 g/mol. The molecule has 0 heterocycles. The van der Waals surface area contributed by atoms with Crippen molar-refractivity contribution in [2.75, 3.05) is 0 Å². The number of hydrogen-bond donors (Lipinski definition) is 0. The first-order chi connectivity index (χ1) is 11.3. The molecule has 0 aromatic heterocycles. The fourth-order valence-corrected chi connectivity index (χ4v) is 4.73. The average molecular weight is 403 g/mol. The van der Waals surface area contributed by atoms with Gasteiger partial charge in [0.25, 0.3) is 0 Å². The first-order valence-corrected chi connectivity index (χ1v) is 10.8. The minimum absolute atomic E-state index is 0.0565. The second kappa shape index (κ2) is 8.25. The quantitative estimate of drug-likeness (QED) is 0.498. The number of hydrogen-bond acceptors (Lipinski definition) is 1. The number of rotatable bonds is 5. The molecule has 0 spiro atoms. The van der Waals surface area contributed by atoms with Crippen LogP contribution in [0.5, 0.6) is 0 Å². The zero-order valence-electron chi connectivity index (χ0n) is 15.7. The third-order valence-electron chi connectivity index (χ3n) is 4.28. The van der Waals surface area contributed by atoms with Crippen LogP contribution in [0.4, 0.5) is 5.69 Å². The topological polar surface area (TPSA) is 12.4 Å². The molecule has 0 amide bonds. The van der Waals surface area contributed by atoms with E-state index in [2.05, 4.69) is 88.4 Å². The zero-order valence-corrected chi connectivity index (χ0v) is 17.7. The van der Waals surface area contributed by atoms with E-state index in [-0.39, 0.29) is 5.41 Å². The van der Waals surface area contributed by atoms with Crippen molar-refractivity contribution in [3.8, 4) is 0 Å². The van der Waals surface area contributed by atoms with E-state index in [1.807, 2.05) is 6.07 Å². The van der Waals surface area contributed by atoms with Crippen LogP contribution in [0.25, 0.3) is 0 Å². The molecule has 2 heteroatoms. The van der Waals surface area contributed by atoms with E-state index < -0.39 is 17.9 Å². The molecular formula is C22H29MoN+2. The molecule has 0 radical (unpaired) electrons. The van der Waals surface area contributed by atoms with Gasteiger partial charge in [0.15, 0.2) is 0 Å². The van der Waals surface area contributed by atoms with Crippen molar-refractivity contribution in [3.63, 3.8) is 0 Å². The van der Waals surface area contributed by atoms with Gasteiger partial charge in [-0.15, -0.1) is 0 Å². The van der Waals surface area contributed by atoms with E-state index in [9.17, 15) is 0 Å². The molecule has 126 valence electrons. The van der Waals surface area contributed by atoms with Crippen molar-refractivity contribution in [1.82, 2.24) is 0 Å².